The minimum Gasteiger partial charge on any atom is -0.491 e. The molecular weight excluding hydrogens is 343 g/mol. The largest absolute Gasteiger partial charge is 0.491 e. The lowest BCUT2D eigenvalue weighted by atomic mass is 9.89. The van der Waals surface area contributed by atoms with Crippen molar-refractivity contribution in [1.29, 1.82) is 0 Å². The summed E-state index contributed by atoms with van der Waals surface area (Å²) in [5, 5.41) is 3.48. The van der Waals surface area contributed by atoms with E-state index in [4.69, 9.17) is 4.74 Å². The van der Waals surface area contributed by atoms with Crippen LogP contribution in [0.2, 0.25) is 0 Å². The zero-order chi connectivity index (χ0) is 15.4. The average Bonchev–Trinajstić information content (AvgIpc) is 3.04. The number of rotatable bonds is 5. The summed E-state index contributed by atoms with van der Waals surface area (Å²) in [7, 11) is 0. The van der Waals surface area contributed by atoms with Gasteiger partial charge >= 0.3 is 0 Å². The van der Waals surface area contributed by atoms with E-state index in [0.717, 1.165) is 24.8 Å². The molecule has 1 aliphatic heterocycles. The monoisotopic (exact) mass is 374 g/mol. The Bertz CT molecular complexity index is 455. The lowest BCUT2D eigenvalue weighted by molar-refractivity contribution is 0.125. The third kappa shape index (κ3) is 5.52. The molecule has 2 aliphatic rings. The zero-order valence-corrected chi connectivity index (χ0v) is 16.5. The number of ether oxygens (including phenoxy) is 1. The number of nitrogens with zero attached hydrogens (tertiary/aromatic N) is 1. The fourth-order valence-electron chi connectivity index (χ4n) is 4.03. The molecule has 138 valence electrons. The maximum atomic E-state index is 5.80. The first-order valence-corrected chi connectivity index (χ1v) is 8.95. The van der Waals surface area contributed by atoms with E-state index >= 15 is 0 Å². The van der Waals surface area contributed by atoms with Gasteiger partial charge in [-0.1, -0.05) is 25.0 Å². The standard InChI is InChI=1S/C19H30N2O.2ClH/c1-15(2)22-18-9-7-17(8-10-18)19(16-5-3-4-6-16)21-13-11-20-12-14-21;;/h7-10,15-16,19-20H,3-6,11-14H2,1-2H3;2*1H/t19-;;/m0../s1. The summed E-state index contributed by atoms with van der Waals surface area (Å²) in [6.45, 7) is 8.75. The van der Waals surface area contributed by atoms with E-state index in [1.54, 1.807) is 0 Å². The Hall–Kier alpha value is -0.480. The molecule has 1 saturated carbocycles. The van der Waals surface area contributed by atoms with E-state index in [1.165, 1.54) is 44.3 Å². The van der Waals surface area contributed by atoms with Gasteiger partial charge in [-0.25, -0.2) is 0 Å². The number of benzene rings is 1. The Labute approximate surface area is 159 Å². The molecule has 0 bridgehead atoms. The molecule has 1 saturated heterocycles. The molecule has 3 nitrogen and oxygen atoms in total. The minimum absolute atomic E-state index is 0. The van der Waals surface area contributed by atoms with Crippen LogP contribution in [-0.2, 0) is 0 Å². The Morgan fingerprint density at radius 3 is 2.12 bits per heavy atom. The van der Waals surface area contributed by atoms with E-state index < -0.39 is 0 Å². The maximum absolute atomic E-state index is 5.80. The van der Waals surface area contributed by atoms with Crippen molar-refractivity contribution in [3.05, 3.63) is 29.8 Å². The van der Waals surface area contributed by atoms with Crippen LogP contribution < -0.4 is 10.1 Å². The average molecular weight is 375 g/mol. The van der Waals surface area contributed by atoms with Crippen LogP contribution in [0.5, 0.6) is 5.75 Å². The van der Waals surface area contributed by atoms with Crippen LogP contribution in [0.1, 0.15) is 51.1 Å². The number of halogens is 2. The van der Waals surface area contributed by atoms with E-state index in [0.29, 0.717) is 6.04 Å². The van der Waals surface area contributed by atoms with E-state index in [1.807, 2.05) is 0 Å². The van der Waals surface area contributed by atoms with Crippen LogP contribution in [-0.4, -0.2) is 37.2 Å². The summed E-state index contributed by atoms with van der Waals surface area (Å²) in [5.41, 5.74) is 1.48. The third-order valence-electron chi connectivity index (χ3n) is 4.98. The van der Waals surface area contributed by atoms with Gasteiger partial charge in [0, 0.05) is 32.2 Å². The van der Waals surface area contributed by atoms with Gasteiger partial charge in [-0.15, -0.1) is 24.8 Å². The lowest BCUT2D eigenvalue weighted by Crippen LogP contribution is -2.46. The van der Waals surface area contributed by atoms with Crippen molar-refractivity contribution in [3.8, 4) is 5.75 Å². The van der Waals surface area contributed by atoms with Crippen molar-refractivity contribution in [2.45, 2.75) is 51.7 Å². The molecule has 0 radical (unpaired) electrons. The second-order valence-electron chi connectivity index (χ2n) is 7.01. The molecule has 1 atom stereocenters. The van der Waals surface area contributed by atoms with E-state index in [2.05, 4.69) is 48.3 Å². The highest BCUT2D eigenvalue weighted by Crippen LogP contribution is 2.40. The molecule has 1 N–H and O–H groups in total. The highest BCUT2D eigenvalue weighted by atomic mass is 35.5. The van der Waals surface area contributed by atoms with Crippen molar-refractivity contribution < 1.29 is 4.74 Å². The van der Waals surface area contributed by atoms with Crippen molar-refractivity contribution in [3.63, 3.8) is 0 Å². The summed E-state index contributed by atoms with van der Waals surface area (Å²) >= 11 is 0. The topological polar surface area (TPSA) is 24.5 Å². The van der Waals surface area contributed by atoms with Crippen LogP contribution in [0.3, 0.4) is 0 Å². The van der Waals surface area contributed by atoms with Gasteiger partial charge in [-0.2, -0.15) is 0 Å². The quantitative estimate of drug-likeness (QED) is 0.823. The van der Waals surface area contributed by atoms with Crippen molar-refractivity contribution in [2.75, 3.05) is 26.2 Å². The molecule has 1 aromatic carbocycles. The fourth-order valence-corrected chi connectivity index (χ4v) is 4.03. The number of hydrogen-bond acceptors (Lipinski definition) is 3. The SMILES string of the molecule is CC(C)Oc1ccc([C@H](C2CCCC2)N2CCNCC2)cc1.Cl.Cl. The summed E-state index contributed by atoms with van der Waals surface area (Å²) in [4.78, 5) is 2.70. The maximum Gasteiger partial charge on any atom is 0.119 e. The summed E-state index contributed by atoms with van der Waals surface area (Å²) in [6, 6.07) is 9.49. The Kier molecular flexibility index (Phi) is 9.43. The van der Waals surface area contributed by atoms with Crippen LogP contribution in [0.4, 0.5) is 0 Å². The molecule has 2 fully saturated rings. The molecule has 0 amide bonds. The van der Waals surface area contributed by atoms with Gasteiger partial charge in [0.15, 0.2) is 0 Å². The van der Waals surface area contributed by atoms with Crippen molar-refractivity contribution >= 4 is 24.8 Å². The molecule has 5 heteroatoms. The Morgan fingerprint density at radius 2 is 1.58 bits per heavy atom. The first-order valence-electron chi connectivity index (χ1n) is 8.95. The Morgan fingerprint density at radius 1 is 1.00 bits per heavy atom. The van der Waals surface area contributed by atoms with Crippen LogP contribution in [0.15, 0.2) is 24.3 Å². The smallest absolute Gasteiger partial charge is 0.119 e. The zero-order valence-electron chi connectivity index (χ0n) is 14.9. The second-order valence-corrected chi connectivity index (χ2v) is 7.01. The molecule has 1 heterocycles. The number of hydrogen-bond donors (Lipinski definition) is 1. The van der Waals surface area contributed by atoms with Crippen molar-refractivity contribution in [1.82, 2.24) is 10.2 Å². The molecular formula is C19H32Cl2N2O. The third-order valence-corrected chi connectivity index (χ3v) is 4.98. The van der Waals surface area contributed by atoms with Gasteiger partial charge in [0.1, 0.15) is 5.75 Å². The molecule has 0 unspecified atom stereocenters. The van der Waals surface area contributed by atoms with Gasteiger partial charge in [0.25, 0.3) is 0 Å². The molecule has 0 aromatic heterocycles. The molecule has 24 heavy (non-hydrogen) atoms. The molecule has 1 aliphatic carbocycles. The van der Waals surface area contributed by atoms with Gasteiger partial charge in [0.2, 0.25) is 0 Å². The predicted molar refractivity (Wildman–Crippen MR) is 106 cm³/mol. The van der Waals surface area contributed by atoms with Crippen LogP contribution >= 0.6 is 24.8 Å². The van der Waals surface area contributed by atoms with E-state index in [9.17, 15) is 0 Å². The van der Waals surface area contributed by atoms with Gasteiger partial charge < -0.3 is 10.1 Å². The summed E-state index contributed by atoms with van der Waals surface area (Å²) < 4.78 is 5.80. The summed E-state index contributed by atoms with van der Waals surface area (Å²) in [5.74, 6) is 1.82. The van der Waals surface area contributed by atoms with Gasteiger partial charge in [-0.3, -0.25) is 4.90 Å². The molecule has 3 rings (SSSR count). The van der Waals surface area contributed by atoms with Gasteiger partial charge in [-0.05, 0) is 50.3 Å². The summed E-state index contributed by atoms with van der Waals surface area (Å²) in [6.07, 6.45) is 5.83. The highest BCUT2D eigenvalue weighted by molar-refractivity contribution is 5.85. The minimum atomic E-state index is 0. The number of piperazine rings is 1. The fraction of sp³-hybridized carbons (Fsp3) is 0.684. The van der Waals surface area contributed by atoms with Crippen LogP contribution in [0, 0.1) is 5.92 Å². The first kappa shape index (κ1) is 21.6. The van der Waals surface area contributed by atoms with Crippen molar-refractivity contribution in [2.24, 2.45) is 5.92 Å². The second kappa shape index (κ2) is 10.5. The first-order chi connectivity index (χ1) is 10.7. The predicted octanol–water partition coefficient (Wildman–Crippen LogP) is 4.45. The molecule has 0 spiro atoms. The Balaban J connectivity index is 0.00000144. The highest BCUT2D eigenvalue weighted by Gasteiger charge is 2.31. The van der Waals surface area contributed by atoms with Crippen LogP contribution in [0.25, 0.3) is 0 Å². The normalized spacial score (nSPS) is 20.3. The van der Waals surface area contributed by atoms with E-state index in [-0.39, 0.29) is 30.9 Å². The lowest BCUT2D eigenvalue weighted by Gasteiger charge is -2.38. The molecule has 1 aromatic rings. The number of nitrogens with one attached hydrogen (secondary N) is 1. The van der Waals surface area contributed by atoms with Gasteiger partial charge in [0.05, 0.1) is 6.10 Å².